The minimum absolute atomic E-state index is 0.0990. The largest absolute Gasteiger partial charge is 0.380 e. The van der Waals surface area contributed by atoms with E-state index >= 15 is 0 Å². The van der Waals surface area contributed by atoms with Gasteiger partial charge in [0, 0.05) is 35.0 Å². The van der Waals surface area contributed by atoms with Crippen molar-refractivity contribution in [3.05, 3.63) is 41.3 Å². The summed E-state index contributed by atoms with van der Waals surface area (Å²) in [4.78, 5) is 26.4. The van der Waals surface area contributed by atoms with Crippen molar-refractivity contribution in [3.63, 3.8) is 0 Å². The number of nitrogens with one attached hydrogen (secondary N) is 3. The van der Waals surface area contributed by atoms with Gasteiger partial charge in [0.15, 0.2) is 0 Å². The number of hydroxylamine groups is 1. The fourth-order valence-electron chi connectivity index (χ4n) is 3.76. The highest BCUT2D eigenvalue weighted by atomic mass is 32.2. The Morgan fingerprint density at radius 1 is 1.19 bits per heavy atom. The summed E-state index contributed by atoms with van der Waals surface area (Å²) in [6.45, 7) is 4.05. The van der Waals surface area contributed by atoms with Gasteiger partial charge in [-0.3, -0.25) is 14.8 Å². The highest BCUT2D eigenvalue weighted by Gasteiger charge is 2.38. The van der Waals surface area contributed by atoms with E-state index in [9.17, 15) is 9.59 Å². The number of rotatable bonds is 11. The third kappa shape index (κ3) is 6.79. The van der Waals surface area contributed by atoms with Gasteiger partial charge in [-0.2, -0.15) is 0 Å². The van der Waals surface area contributed by atoms with Gasteiger partial charge >= 0.3 is 0 Å². The van der Waals surface area contributed by atoms with Crippen LogP contribution in [0.5, 0.6) is 0 Å². The third-order valence-electron chi connectivity index (χ3n) is 5.32. The number of thioether (sulfide) groups is 1. The zero-order chi connectivity index (χ0) is 22.8. The van der Waals surface area contributed by atoms with Crippen molar-refractivity contribution in [2.24, 2.45) is 0 Å². The molecule has 1 aromatic carbocycles. The Labute approximate surface area is 197 Å². The van der Waals surface area contributed by atoms with Crippen molar-refractivity contribution in [3.8, 4) is 10.4 Å². The number of hydrogen-bond donors (Lipinski definition) is 4. The Balaban J connectivity index is 1.67. The van der Waals surface area contributed by atoms with Crippen LogP contribution in [0.25, 0.3) is 10.4 Å². The summed E-state index contributed by atoms with van der Waals surface area (Å²) < 4.78 is 4.95. The van der Waals surface area contributed by atoms with Crippen LogP contribution in [-0.2, 0) is 19.1 Å². The monoisotopic (exact) mass is 477 g/mol. The van der Waals surface area contributed by atoms with E-state index < -0.39 is 0 Å². The number of ether oxygens (including phenoxy) is 1. The number of benzene rings is 1. The van der Waals surface area contributed by atoms with E-state index in [1.807, 2.05) is 31.2 Å². The van der Waals surface area contributed by atoms with Crippen molar-refractivity contribution in [1.29, 1.82) is 0 Å². The molecule has 4 N–H and O–H groups in total. The van der Waals surface area contributed by atoms with Crippen molar-refractivity contribution in [1.82, 2.24) is 10.8 Å². The Kier molecular flexibility index (Phi) is 9.55. The highest BCUT2D eigenvalue weighted by molar-refractivity contribution is 8.00. The Morgan fingerprint density at radius 3 is 2.81 bits per heavy atom. The molecule has 0 aliphatic carbocycles. The van der Waals surface area contributed by atoms with E-state index in [0.717, 1.165) is 46.0 Å². The molecule has 2 heterocycles. The van der Waals surface area contributed by atoms with Gasteiger partial charge < -0.3 is 15.4 Å². The summed E-state index contributed by atoms with van der Waals surface area (Å²) in [6, 6.07) is 12.0. The molecular formula is C23H31N3O4S2. The molecule has 1 atom stereocenters. The van der Waals surface area contributed by atoms with Crippen LogP contribution in [0.3, 0.4) is 0 Å². The van der Waals surface area contributed by atoms with Crippen LogP contribution in [0.15, 0.2) is 36.4 Å². The first-order valence-electron chi connectivity index (χ1n) is 10.9. The molecule has 0 bridgehead atoms. The standard InChI is InChI=1S/C23H31N3O4S2/c1-2-30-12-11-24-16-22(28)25-18-7-5-6-17(14-18)19-8-9-20(32-19)23(15-21(27)26-29)10-3-4-13-31-23/h5-9,14,24,29H,2-4,10-13,15-16H2,1H3,(H,25,28)(H,26,27)/t23-/m0/s1. The molecule has 3 rings (SSSR count). The second-order valence-corrected chi connectivity index (χ2v) is 10.2. The zero-order valence-corrected chi connectivity index (χ0v) is 19.9. The van der Waals surface area contributed by atoms with E-state index in [1.54, 1.807) is 28.6 Å². The summed E-state index contributed by atoms with van der Waals surface area (Å²) in [5.41, 5.74) is 3.56. The van der Waals surface area contributed by atoms with Crippen LogP contribution in [0.1, 0.15) is 37.5 Å². The molecule has 2 amide bonds. The average Bonchev–Trinajstić information content (AvgIpc) is 3.31. The smallest absolute Gasteiger partial charge is 0.245 e. The van der Waals surface area contributed by atoms with E-state index in [4.69, 9.17) is 9.94 Å². The summed E-state index contributed by atoms with van der Waals surface area (Å²) in [5.74, 6) is 0.554. The number of carbonyl (C=O) groups excluding carboxylic acids is 2. The van der Waals surface area contributed by atoms with Gasteiger partial charge in [-0.15, -0.1) is 23.1 Å². The topological polar surface area (TPSA) is 99.7 Å². The molecule has 32 heavy (non-hydrogen) atoms. The molecule has 0 unspecified atom stereocenters. The molecular weight excluding hydrogens is 446 g/mol. The lowest BCUT2D eigenvalue weighted by Crippen LogP contribution is -2.32. The van der Waals surface area contributed by atoms with Gasteiger partial charge in [-0.05, 0) is 55.3 Å². The predicted molar refractivity (Wildman–Crippen MR) is 130 cm³/mol. The highest BCUT2D eigenvalue weighted by Crippen LogP contribution is 2.50. The van der Waals surface area contributed by atoms with Gasteiger partial charge in [0.05, 0.1) is 17.9 Å². The third-order valence-corrected chi connectivity index (χ3v) is 8.40. The molecule has 1 saturated heterocycles. The molecule has 1 aliphatic heterocycles. The van der Waals surface area contributed by atoms with Crippen molar-refractivity contribution in [2.75, 3.05) is 37.4 Å². The predicted octanol–water partition coefficient (Wildman–Crippen LogP) is 3.99. The zero-order valence-electron chi connectivity index (χ0n) is 18.3. The van der Waals surface area contributed by atoms with Gasteiger partial charge in [0.25, 0.3) is 0 Å². The molecule has 9 heteroatoms. The average molecular weight is 478 g/mol. The van der Waals surface area contributed by atoms with Gasteiger partial charge in [-0.1, -0.05) is 18.6 Å². The first-order chi connectivity index (χ1) is 15.6. The van der Waals surface area contributed by atoms with Crippen molar-refractivity contribution < 1.29 is 19.5 Å². The van der Waals surface area contributed by atoms with Crippen LogP contribution in [0.2, 0.25) is 0 Å². The second-order valence-electron chi connectivity index (χ2n) is 7.68. The molecule has 0 radical (unpaired) electrons. The van der Waals surface area contributed by atoms with Gasteiger partial charge in [0.1, 0.15) is 0 Å². The maximum atomic E-state index is 12.2. The number of thiophene rings is 1. The summed E-state index contributed by atoms with van der Waals surface area (Å²) in [5, 5.41) is 15.0. The Bertz CT molecular complexity index is 897. The lowest BCUT2D eigenvalue weighted by molar-refractivity contribution is -0.129. The molecule has 2 aromatic rings. The van der Waals surface area contributed by atoms with Crippen LogP contribution in [0.4, 0.5) is 5.69 Å². The fraction of sp³-hybridized carbons (Fsp3) is 0.478. The molecule has 174 valence electrons. The van der Waals surface area contributed by atoms with E-state index in [-0.39, 0.29) is 29.5 Å². The molecule has 0 spiro atoms. The quantitative estimate of drug-likeness (QED) is 0.222. The first-order valence-corrected chi connectivity index (χ1v) is 12.7. The molecule has 7 nitrogen and oxygen atoms in total. The first kappa shape index (κ1) is 24.7. The second kappa shape index (κ2) is 12.4. The lowest BCUT2D eigenvalue weighted by Gasteiger charge is -2.35. The molecule has 1 aromatic heterocycles. The Morgan fingerprint density at radius 2 is 2.06 bits per heavy atom. The minimum atomic E-state index is -0.353. The molecule has 1 fully saturated rings. The van der Waals surface area contributed by atoms with Gasteiger partial charge in [0.2, 0.25) is 11.8 Å². The van der Waals surface area contributed by atoms with E-state index in [0.29, 0.717) is 19.8 Å². The maximum Gasteiger partial charge on any atom is 0.245 e. The summed E-state index contributed by atoms with van der Waals surface area (Å²) >= 11 is 3.48. The number of hydrogen-bond acceptors (Lipinski definition) is 7. The van der Waals surface area contributed by atoms with E-state index in [1.165, 1.54) is 0 Å². The van der Waals surface area contributed by atoms with Crippen LogP contribution in [-0.4, -0.2) is 49.1 Å². The van der Waals surface area contributed by atoms with Crippen molar-refractivity contribution in [2.45, 2.75) is 37.4 Å². The maximum absolute atomic E-state index is 12.2. The van der Waals surface area contributed by atoms with E-state index in [2.05, 4.69) is 22.8 Å². The van der Waals surface area contributed by atoms with Crippen LogP contribution >= 0.6 is 23.1 Å². The lowest BCUT2D eigenvalue weighted by atomic mass is 9.94. The fourth-order valence-corrected chi connectivity index (χ4v) is 6.64. The normalized spacial score (nSPS) is 18.3. The molecule has 0 saturated carbocycles. The number of amides is 2. The number of carbonyl (C=O) groups is 2. The SMILES string of the molecule is CCOCCNCC(=O)Nc1cccc(-c2ccc([C@@]3(CC(=O)NO)CCCCS3)s2)c1. The van der Waals surface area contributed by atoms with Crippen LogP contribution in [0, 0.1) is 0 Å². The number of anilines is 1. The summed E-state index contributed by atoms with van der Waals surface area (Å²) in [6.07, 6.45) is 3.39. The van der Waals surface area contributed by atoms with Gasteiger partial charge in [-0.25, -0.2) is 5.48 Å². The molecule has 1 aliphatic rings. The van der Waals surface area contributed by atoms with Crippen molar-refractivity contribution >= 4 is 40.6 Å². The summed E-state index contributed by atoms with van der Waals surface area (Å²) in [7, 11) is 0. The van der Waals surface area contributed by atoms with Crippen LogP contribution < -0.4 is 16.1 Å². The minimum Gasteiger partial charge on any atom is -0.380 e. The Hall–Kier alpha value is -1.91.